The van der Waals surface area contributed by atoms with Gasteiger partial charge in [0.2, 0.25) is 10.0 Å². The quantitative estimate of drug-likeness (QED) is 0.738. The molecule has 2 N–H and O–H groups in total. The first-order valence-corrected chi connectivity index (χ1v) is 9.83. The maximum atomic E-state index is 12.5. The second-order valence-electron chi connectivity index (χ2n) is 6.22. The van der Waals surface area contributed by atoms with Gasteiger partial charge in [-0.25, -0.2) is 13.4 Å². The molecule has 2 heterocycles. The summed E-state index contributed by atoms with van der Waals surface area (Å²) in [5, 5.41) is 2.78. The highest BCUT2D eigenvalue weighted by atomic mass is 32.2. The average molecular weight is 370 g/mol. The van der Waals surface area contributed by atoms with E-state index in [9.17, 15) is 13.2 Å². The summed E-state index contributed by atoms with van der Waals surface area (Å²) in [6, 6.07) is 11.5. The van der Waals surface area contributed by atoms with Gasteiger partial charge in [-0.05, 0) is 55.3 Å². The van der Waals surface area contributed by atoms with Crippen molar-refractivity contribution in [2.75, 3.05) is 18.4 Å². The first-order chi connectivity index (χ1) is 12.5. The molecule has 1 fully saturated rings. The molecule has 0 saturated carbocycles. The summed E-state index contributed by atoms with van der Waals surface area (Å²) in [5.41, 5.74) is 2.61. The van der Waals surface area contributed by atoms with Crippen LogP contribution in [0.4, 0.5) is 5.69 Å². The molecule has 0 unspecified atom stereocenters. The average Bonchev–Trinajstić information content (AvgIpc) is 3.33. The van der Waals surface area contributed by atoms with E-state index in [0.717, 1.165) is 23.9 Å². The number of sulfonamides is 1. The number of nitrogens with one attached hydrogen (secondary N) is 2. The number of carbonyl (C=O) groups is 1. The summed E-state index contributed by atoms with van der Waals surface area (Å²) >= 11 is 0. The van der Waals surface area contributed by atoms with Crippen LogP contribution in [0.3, 0.4) is 0 Å². The lowest BCUT2D eigenvalue weighted by Gasteiger charge is -2.15. The first-order valence-electron chi connectivity index (χ1n) is 8.39. The number of aromatic nitrogens is 2. The van der Waals surface area contributed by atoms with Crippen molar-refractivity contribution in [3.05, 3.63) is 54.4 Å². The van der Waals surface area contributed by atoms with Crippen molar-refractivity contribution in [3.8, 4) is 0 Å². The monoisotopic (exact) mass is 370 g/mol. The molecule has 1 amide bonds. The van der Waals surface area contributed by atoms with Crippen LogP contribution in [-0.2, 0) is 10.0 Å². The van der Waals surface area contributed by atoms with E-state index in [-0.39, 0.29) is 10.8 Å². The summed E-state index contributed by atoms with van der Waals surface area (Å²) in [7, 11) is -3.44. The molecule has 1 aliphatic heterocycles. The number of anilines is 1. The number of benzene rings is 2. The van der Waals surface area contributed by atoms with Gasteiger partial charge in [0.05, 0.1) is 22.3 Å². The molecule has 3 aromatic rings. The number of H-pyrrole nitrogens is 1. The van der Waals surface area contributed by atoms with Gasteiger partial charge in [-0.1, -0.05) is 0 Å². The van der Waals surface area contributed by atoms with E-state index in [1.54, 1.807) is 36.7 Å². The van der Waals surface area contributed by atoms with Gasteiger partial charge in [-0.3, -0.25) is 4.79 Å². The highest BCUT2D eigenvalue weighted by molar-refractivity contribution is 7.89. The van der Waals surface area contributed by atoms with E-state index in [1.807, 2.05) is 0 Å². The Balaban J connectivity index is 1.50. The zero-order valence-electron chi connectivity index (χ0n) is 14.0. The van der Waals surface area contributed by atoms with Crippen molar-refractivity contribution in [2.24, 2.45) is 0 Å². The summed E-state index contributed by atoms with van der Waals surface area (Å²) in [4.78, 5) is 19.7. The zero-order valence-corrected chi connectivity index (χ0v) is 14.8. The Kier molecular flexibility index (Phi) is 4.21. The molecule has 1 aliphatic rings. The van der Waals surface area contributed by atoms with Crippen LogP contribution in [0.15, 0.2) is 53.7 Å². The number of carbonyl (C=O) groups excluding carboxylic acids is 1. The first kappa shape index (κ1) is 16.7. The van der Waals surface area contributed by atoms with Crippen molar-refractivity contribution in [1.82, 2.24) is 14.3 Å². The summed E-state index contributed by atoms with van der Waals surface area (Å²) in [6.07, 6.45) is 3.37. The summed E-state index contributed by atoms with van der Waals surface area (Å²) in [6.45, 7) is 1.13. The van der Waals surface area contributed by atoms with Crippen LogP contribution in [0, 0.1) is 0 Å². The van der Waals surface area contributed by atoms with Crippen LogP contribution in [0.5, 0.6) is 0 Å². The lowest BCUT2D eigenvalue weighted by molar-refractivity contribution is 0.102. The molecule has 0 radical (unpaired) electrons. The van der Waals surface area contributed by atoms with E-state index >= 15 is 0 Å². The number of nitrogens with zero attached hydrogens (tertiary/aromatic N) is 2. The fraction of sp³-hybridized carbons (Fsp3) is 0.222. The van der Waals surface area contributed by atoms with E-state index in [4.69, 9.17) is 0 Å². The van der Waals surface area contributed by atoms with Crippen LogP contribution in [0.2, 0.25) is 0 Å². The molecule has 0 spiro atoms. The Morgan fingerprint density at radius 1 is 1.08 bits per heavy atom. The number of amides is 1. The van der Waals surface area contributed by atoms with Gasteiger partial charge in [-0.15, -0.1) is 0 Å². The lowest BCUT2D eigenvalue weighted by atomic mass is 10.2. The van der Waals surface area contributed by atoms with Crippen molar-refractivity contribution in [1.29, 1.82) is 0 Å². The Morgan fingerprint density at radius 2 is 1.81 bits per heavy atom. The number of imidazole rings is 1. The fourth-order valence-electron chi connectivity index (χ4n) is 3.07. The number of fused-ring (bicyclic) bond motifs is 1. The Hall–Kier alpha value is -2.71. The van der Waals surface area contributed by atoms with Gasteiger partial charge in [0.1, 0.15) is 0 Å². The Morgan fingerprint density at radius 3 is 2.54 bits per heavy atom. The number of rotatable bonds is 4. The predicted molar refractivity (Wildman–Crippen MR) is 98.5 cm³/mol. The SMILES string of the molecule is O=C(Nc1ccc(S(=O)(=O)N2CCCC2)cc1)c1ccc2nc[nH]c2c1. The van der Waals surface area contributed by atoms with Gasteiger partial charge < -0.3 is 10.3 Å². The normalized spacial score (nSPS) is 15.4. The maximum absolute atomic E-state index is 12.5. The third-order valence-corrected chi connectivity index (χ3v) is 6.41. The smallest absolute Gasteiger partial charge is 0.255 e. The minimum atomic E-state index is -3.44. The van der Waals surface area contributed by atoms with E-state index in [0.29, 0.717) is 24.3 Å². The van der Waals surface area contributed by atoms with Crippen molar-refractivity contribution < 1.29 is 13.2 Å². The number of aromatic amines is 1. The number of hydrogen-bond donors (Lipinski definition) is 2. The Labute approximate surface area is 151 Å². The molecule has 0 atom stereocenters. The molecule has 1 saturated heterocycles. The van der Waals surface area contributed by atoms with Crippen LogP contribution in [-0.4, -0.2) is 41.7 Å². The molecule has 1 aromatic heterocycles. The molecule has 8 heteroatoms. The molecular weight excluding hydrogens is 352 g/mol. The molecule has 4 rings (SSSR count). The van der Waals surface area contributed by atoms with Crippen LogP contribution >= 0.6 is 0 Å². The highest BCUT2D eigenvalue weighted by Crippen LogP contribution is 2.22. The summed E-state index contributed by atoms with van der Waals surface area (Å²) < 4.78 is 26.5. The number of hydrogen-bond acceptors (Lipinski definition) is 4. The van der Waals surface area contributed by atoms with E-state index in [1.165, 1.54) is 16.4 Å². The van der Waals surface area contributed by atoms with Gasteiger partial charge in [0.25, 0.3) is 5.91 Å². The Bertz CT molecular complexity index is 1050. The third kappa shape index (κ3) is 3.09. The van der Waals surface area contributed by atoms with E-state index < -0.39 is 10.0 Å². The molecule has 134 valence electrons. The predicted octanol–water partition coefficient (Wildman–Crippen LogP) is 2.60. The third-order valence-electron chi connectivity index (χ3n) is 4.50. The molecule has 0 bridgehead atoms. The van der Waals surface area contributed by atoms with Crippen LogP contribution in [0.25, 0.3) is 11.0 Å². The molecule has 7 nitrogen and oxygen atoms in total. The standard InChI is InChI=1S/C18H18N4O3S/c23-18(13-3-8-16-17(11-13)20-12-19-16)21-14-4-6-15(7-5-14)26(24,25)22-9-1-2-10-22/h3-8,11-12H,1-2,9-10H2,(H,19,20)(H,21,23). The van der Waals surface area contributed by atoms with Crippen molar-refractivity contribution >= 4 is 32.7 Å². The second-order valence-corrected chi connectivity index (χ2v) is 8.16. The maximum Gasteiger partial charge on any atom is 0.255 e. The van der Waals surface area contributed by atoms with Crippen LogP contribution in [0.1, 0.15) is 23.2 Å². The second kappa shape index (κ2) is 6.54. The molecular formula is C18H18N4O3S. The minimum absolute atomic E-state index is 0.247. The van der Waals surface area contributed by atoms with Gasteiger partial charge >= 0.3 is 0 Å². The van der Waals surface area contributed by atoms with Crippen LogP contribution < -0.4 is 5.32 Å². The van der Waals surface area contributed by atoms with Crippen molar-refractivity contribution in [3.63, 3.8) is 0 Å². The zero-order chi connectivity index (χ0) is 18.1. The van der Waals surface area contributed by atoms with Gasteiger partial charge in [0, 0.05) is 24.3 Å². The topological polar surface area (TPSA) is 95.2 Å². The minimum Gasteiger partial charge on any atom is -0.345 e. The summed E-state index contributed by atoms with van der Waals surface area (Å²) in [5.74, 6) is -0.267. The highest BCUT2D eigenvalue weighted by Gasteiger charge is 2.26. The van der Waals surface area contributed by atoms with Gasteiger partial charge in [-0.2, -0.15) is 4.31 Å². The van der Waals surface area contributed by atoms with E-state index in [2.05, 4.69) is 15.3 Å². The molecule has 0 aliphatic carbocycles. The van der Waals surface area contributed by atoms with Crippen molar-refractivity contribution in [2.45, 2.75) is 17.7 Å². The lowest BCUT2D eigenvalue weighted by Crippen LogP contribution is -2.27. The van der Waals surface area contributed by atoms with Gasteiger partial charge in [0.15, 0.2) is 0 Å². The fourth-order valence-corrected chi connectivity index (χ4v) is 4.58. The molecule has 2 aromatic carbocycles. The molecule has 26 heavy (non-hydrogen) atoms. The largest absolute Gasteiger partial charge is 0.345 e.